The molecule has 2 unspecified atom stereocenters. The molecule has 0 radical (unpaired) electrons. The smallest absolute Gasteiger partial charge is 0.0551 e. The first kappa shape index (κ1) is 9.01. The van der Waals surface area contributed by atoms with E-state index in [2.05, 4.69) is 19.2 Å². The van der Waals surface area contributed by atoms with Gasteiger partial charge in [-0.05, 0) is 32.2 Å². The molecule has 66 valence electrons. The maximum absolute atomic E-state index is 5.46. The second kappa shape index (κ2) is 4.73. The molecule has 2 atom stereocenters. The van der Waals surface area contributed by atoms with Gasteiger partial charge in [0.15, 0.2) is 0 Å². The zero-order valence-electron chi connectivity index (χ0n) is 7.60. The van der Waals surface area contributed by atoms with Crippen LogP contribution in [0.1, 0.15) is 26.7 Å². The summed E-state index contributed by atoms with van der Waals surface area (Å²) in [5.41, 5.74) is 0. The summed E-state index contributed by atoms with van der Waals surface area (Å²) in [6.07, 6.45) is 2.95. The highest BCUT2D eigenvalue weighted by Gasteiger charge is 2.20. The van der Waals surface area contributed by atoms with Crippen LogP contribution >= 0.6 is 0 Å². The minimum atomic E-state index is 0.489. The zero-order valence-corrected chi connectivity index (χ0v) is 7.60. The molecule has 0 aromatic carbocycles. The largest absolute Gasteiger partial charge is 0.378 e. The first-order valence-corrected chi connectivity index (χ1v) is 4.65. The lowest BCUT2D eigenvalue weighted by Crippen LogP contribution is -2.23. The highest BCUT2D eigenvalue weighted by Crippen LogP contribution is 2.17. The van der Waals surface area contributed by atoms with Gasteiger partial charge in [-0.25, -0.2) is 0 Å². The standard InChI is InChI=1S/C9H19NO/c1-3-4-10-6-9-5-8(2)11-7-9/h8-10H,3-7H2,1-2H3. The van der Waals surface area contributed by atoms with Crippen LogP contribution in [0.2, 0.25) is 0 Å². The minimum Gasteiger partial charge on any atom is -0.378 e. The fraction of sp³-hybridized carbons (Fsp3) is 1.00. The third kappa shape index (κ3) is 3.21. The molecule has 1 aliphatic heterocycles. The molecule has 2 nitrogen and oxygen atoms in total. The van der Waals surface area contributed by atoms with Crippen LogP contribution in [-0.2, 0) is 4.74 Å². The zero-order chi connectivity index (χ0) is 8.10. The van der Waals surface area contributed by atoms with E-state index in [0.29, 0.717) is 6.10 Å². The van der Waals surface area contributed by atoms with E-state index >= 15 is 0 Å². The van der Waals surface area contributed by atoms with Crippen molar-refractivity contribution in [2.75, 3.05) is 19.7 Å². The lowest BCUT2D eigenvalue weighted by atomic mass is 10.1. The Morgan fingerprint density at radius 2 is 2.36 bits per heavy atom. The van der Waals surface area contributed by atoms with Crippen LogP contribution in [0.3, 0.4) is 0 Å². The lowest BCUT2D eigenvalue weighted by molar-refractivity contribution is 0.120. The SMILES string of the molecule is CCCNCC1COC(C)C1. The average Bonchev–Trinajstić information content (AvgIpc) is 2.37. The van der Waals surface area contributed by atoms with Crippen LogP contribution in [0.25, 0.3) is 0 Å². The second-order valence-corrected chi connectivity index (χ2v) is 3.45. The Morgan fingerprint density at radius 1 is 1.55 bits per heavy atom. The van der Waals surface area contributed by atoms with Crippen molar-refractivity contribution < 1.29 is 4.74 Å². The fourth-order valence-corrected chi connectivity index (χ4v) is 1.53. The summed E-state index contributed by atoms with van der Waals surface area (Å²) < 4.78 is 5.46. The molecule has 0 aromatic rings. The van der Waals surface area contributed by atoms with Crippen molar-refractivity contribution in [2.24, 2.45) is 5.92 Å². The molecule has 0 aromatic heterocycles. The van der Waals surface area contributed by atoms with Gasteiger partial charge in [0.25, 0.3) is 0 Å². The molecule has 1 aliphatic rings. The molecule has 0 saturated carbocycles. The van der Waals surface area contributed by atoms with E-state index in [1.807, 2.05) is 0 Å². The minimum absolute atomic E-state index is 0.489. The van der Waals surface area contributed by atoms with Crippen LogP contribution in [-0.4, -0.2) is 25.8 Å². The summed E-state index contributed by atoms with van der Waals surface area (Å²) in [5, 5.41) is 3.42. The number of hydrogen-bond acceptors (Lipinski definition) is 2. The van der Waals surface area contributed by atoms with Crippen LogP contribution in [0.4, 0.5) is 0 Å². The Balaban J connectivity index is 1.99. The summed E-state index contributed by atoms with van der Waals surface area (Å²) in [4.78, 5) is 0. The third-order valence-electron chi connectivity index (χ3n) is 2.14. The normalized spacial score (nSPS) is 31.1. The van der Waals surface area contributed by atoms with Crippen molar-refractivity contribution in [1.82, 2.24) is 5.32 Å². The van der Waals surface area contributed by atoms with Crippen molar-refractivity contribution in [1.29, 1.82) is 0 Å². The maximum atomic E-state index is 5.46. The van der Waals surface area contributed by atoms with Gasteiger partial charge in [-0.15, -0.1) is 0 Å². The number of nitrogens with one attached hydrogen (secondary N) is 1. The Labute approximate surface area is 69.3 Å². The monoisotopic (exact) mass is 157 g/mol. The van der Waals surface area contributed by atoms with Gasteiger partial charge in [-0.2, -0.15) is 0 Å². The summed E-state index contributed by atoms with van der Waals surface area (Å²) in [6.45, 7) is 7.58. The van der Waals surface area contributed by atoms with Crippen LogP contribution < -0.4 is 5.32 Å². The molecule has 1 saturated heterocycles. The first-order chi connectivity index (χ1) is 5.33. The highest BCUT2D eigenvalue weighted by atomic mass is 16.5. The van der Waals surface area contributed by atoms with Crippen molar-refractivity contribution in [3.05, 3.63) is 0 Å². The van der Waals surface area contributed by atoms with Gasteiger partial charge in [0.1, 0.15) is 0 Å². The summed E-state index contributed by atoms with van der Waals surface area (Å²) >= 11 is 0. The fourth-order valence-electron chi connectivity index (χ4n) is 1.53. The van der Waals surface area contributed by atoms with Crippen molar-refractivity contribution in [3.63, 3.8) is 0 Å². The van der Waals surface area contributed by atoms with Crippen molar-refractivity contribution in [2.45, 2.75) is 32.8 Å². The summed E-state index contributed by atoms with van der Waals surface area (Å²) in [5.74, 6) is 0.761. The predicted molar refractivity (Wildman–Crippen MR) is 46.7 cm³/mol. The van der Waals surface area contributed by atoms with E-state index < -0.39 is 0 Å². The van der Waals surface area contributed by atoms with E-state index in [0.717, 1.165) is 25.6 Å². The van der Waals surface area contributed by atoms with Gasteiger partial charge >= 0.3 is 0 Å². The number of ether oxygens (including phenoxy) is 1. The van der Waals surface area contributed by atoms with Crippen LogP contribution in [0, 0.1) is 5.92 Å². The molecule has 1 rings (SSSR count). The molecule has 0 aliphatic carbocycles. The van der Waals surface area contributed by atoms with Gasteiger partial charge in [0, 0.05) is 6.54 Å². The third-order valence-corrected chi connectivity index (χ3v) is 2.14. The topological polar surface area (TPSA) is 21.3 Å². The summed E-state index contributed by atoms with van der Waals surface area (Å²) in [7, 11) is 0. The van der Waals surface area contributed by atoms with E-state index in [1.165, 1.54) is 12.8 Å². The molecule has 11 heavy (non-hydrogen) atoms. The van der Waals surface area contributed by atoms with E-state index in [9.17, 15) is 0 Å². The van der Waals surface area contributed by atoms with Gasteiger partial charge in [-0.3, -0.25) is 0 Å². The Morgan fingerprint density at radius 3 is 2.91 bits per heavy atom. The maximum Gasteiger partial charge on any atom is 0.0551 e. The second-order valence-electron chi connectivity index (χ2n) is 3.45. The molecule has 2 heteroatoms. The number of rotatable bonds is 4. The quantitative estimate of drug-likeness (QED) is 0.623. The Hall–Kier alpha value is -0.0800. The molecular weight excluding hydrogens is 138 g/mol. The van der Waals surface area contributed by atoms with E-state index in [4.69, 9.17) is 4.74 Å². The Kier molecular flexibility index (Phi) is 3.87. The van der Waals surface area contributed by atoms with Crippen LogP contribution in [0.15, 0.2) is 0 Å². The molecule has 1 N–H and O–H groups in total. The van der Waals surface area contributed by atoms with Gasteiger partial charge < -0.3 is 10.1 Å². The van der Waals surface area contributed by atoms with Gasteiger partial charge in [0.2, 0.25) is 0 Å². The van der Waals surface area contributed by atoms with E-state index in [-0.39, 0.29) is 0 Å². The van der Waals surface area contributed by atoms with Gasteiger partial charge in [0.05, 0.1) is 12.7 Å². The van der Waals surface area contributed by atoms with E-state index in [1.54, 1.807) is 0 Å². The molecule has 1 heterocycles. The van der Waals surface area contributed by atoms with Gasteiger partial charge in [-0.1, -0.05) is 6.92 Å². The van der Waals surface area contributed by atoms with Crippen molar-refractivity contribution >= 4 is 0 Å². The molecule has 1 fully saturated rings. The molecule has 0 amide bonds. The predicted octanol–water partition coefficient (Wildman–Crippen LogP) is 1.41. The Bertz CT molecular complexity index is 106. The number of hydrogen-bond donors (Lipinski definition) is 1. The van der Waals surface area contributed by atoms with Crippen LogP contribution in [0.5, 0.6) is 0 Å². The lowest BCUT2D eigenvalue weighted by Gasteiger charge is -2.07. The highest BCUT2D eigenvalue weighted by molar-refractivity contribution is 4.71. The molecule has 0 bridgehead atoms. The molecule has 0 spiro atoms. The first-order valence-electron chi connectivity index (χ1n) is 4.65. The average molecular weight is 157 g/mol. The molecular formula is C9H19NO. The van der Waals surface area contributed by atoms with Crippen molar-refractivity contribution in [3.8, 4) is 0 Å². The summed E-state index contributed by atoms with van der Waals surface area (Å²) in [6, 6.07) is 0.